The fraction of sp³-hybridized carbons (Fsp3) is 0.476. The average Bonchev–Trinajstić information content (AvgIpc) is 3.47. The second kappa shape index (κ2) is 7.42. The summed E-state index contributed by atoms with van der Waals surface area (Å²) >= 11 is 1.49. The van der Waals surface area contributed by atoms with Crippen molar-refractivity contribution in [2.75, 3.05) is 31.9 Å². The zero-order chi connectivity index (χ0) is 20.0. The molecule has 0 atom stereocenters. The number of piperidine rings is 1. The molecule has 5 rings (SSSR count). The fourth-order valence-electron chi connectivity index (χ4n) is 4.64. The maximum atomic E-state index is 13.1. The molecule has 2 saturated heterocycles. The summed E-state index contributed by atoms with van der Waals surface area (Å²) < 4.78 is 1.96. The first-order chi connectivity index (χ1) is 14.1. The van der Waals surface area contributed by atoms with E-state index in [-0.39, 0.29) is 5.91 Å². The number of fused-ring (bicyclic) bond motifs is 1. The number of aromatic nitrogens is 3. The lowest BCUT2D eigenvalue weighted by Crippen LogP contribution is -2.45. The van der Waals surface area contributed by atoms with Crippen LogP contribution in [0.25, 0.3) is 16.2 Å². The van der Waals surface area contributed by atoms with Gasteiger partial charge in [-0.1, -0.05) is 0 Å². The summed E-state index contributed by atoms with van der Waals surface area (Å²) in [5.74, 6) is 0.597. The number of carbonyl (C=O) groups excluding carboxylic acids is 1. The quantitative estimate of drug-likeness (QED) is 0.718. The summed E-state index contributed by atoms with van der Waals surface area (Å²) in [6.45, 7) is 6.05. The average molecular weight is 411 g/mol. The van der Waals surface area contributed by atoms with Crippen LogP contribution < -0.4 is 5.73 Å². The molecule has 0 radical (unpaired) electrons. The van der Waals surface area contributed by atoms with Gasteiger partial charge in [-0.25, -0.2) is 4.98 Å². The van der Waals surface area contributed by atoms with Gasteiger partial charge in [0.1, 0.15) is 5.69 Å². The summed E-state index contributed by atoms with van der Waals surface area (Å²) in [5.41, 5.74) is 8.63. The van der Waals surface area contributed by atoms with Crippen molar-refractivity contribution in [3.63, 3.8) is 0 Å². The molecule has 8 heteroatoms. The predicted octanol–water partition coefficient (Wildman–Crippen LogP) is 3.05. The van der Waals surface area contributed by atoms with Crippen LogP contribution in [-0.2, 0) is 0 Å². The van der Waals surface area contributed by atoms with Crippen molar-refractivity contribution in [1.29, 1.82) is 0 Å². The third-order valence-corrected chi connectivity index (χ3v) is 7.28. The molecule has 0 aliphatic carbocycles. The van der Waals surface area contributed by atoms with Gasteiger partial charge in [0.05, 0.1) is 15.4 Å². The normalized spacial score (nSPS) is 18.7. The zero-order valence-corrected chi connectivity index (χ0v) is 17.5. The van der Waals surface area contributed by atoms with E-state index in [0.29, 0.717) is 11.9 Å². The predicted molar refractivity (Wildman–Crippen MR) is 115 cm³/mol. The number of imidazole rings is 1. The molecule has 2 aliphatic heterocycles. The smallest absolute Gasteiger partial charge is 0.263 e. The Kier molecular flexibility index (Phi) is 4.75. The Bertz CT molecular complexity index is 1040. The van der Waals surface area contributed by atoms with Crippen LogP contribution in [0.5, 0.6) is 0 Å². The Hall–Kier alpha value is -2.45. The van der Waals surface area contributed by atoms with Crippen LogP contribution in [-0.4, -0.2) is 62.3 Å². The number of nitrogens with two attached hydrogens (primary N) is 1. The topological polar surface area (TPSA) is 79.8 Å². The lowest BCUT2D eigenvalue weighted by atomic mass is 10.0. The first kappa shape index (κ1) is 18.6. The molecule has 0 aromatic carbocycles. The van der Waals surface area contributed by atoms with Crippen LogP contribution in [0.4, 0.5) is 5.82 Å². The number of nitrogens with zero attached hydrogens (tertiary/aromatic N) is 5. The van der Waals surface area contributed by atoms with Gasteiger partial charge in [0, 0.05) is 31.5 Å². The van der Waals surface area contributed by atoms with Crippen molar-refractivity contribution in [3.8, 4) is 10.6 Å². The van der Waals surface area contributed by atoms with Crippen molar-refractivity contribution in [3.05, 3.63) is 35.1 Å². The molecule has 0 bridgehead atoms. The van der Waals surface area contributed by atoms with E-state index in [0.717, 1.165) is 52.7 Å². The van der Waals surface area contributed by atoms with Crippen LogP contribution in [0.1, 0.15) is 41.0 Å². The lowest BCUT2D eigenvalue weighted by molar-refractivity contribution is 0.0649. The summed E-state index contributed by atoms with van der Waals surface area (Å²) in [7, 11) is 0. The van der Waals surface area contributed by atoms with Crippen molar-refractivity contribution in [2.24, 2.45) is 0 Å². The molecule has 1 amide bonds. The number of amides is 1. The highest BCUT2D eigenvalue weighted by Crippen LogP contribution is 2.34. The van der Waals surface area contributed by atoms with Gasteiger partial charge in [0.25, 0.3) is 5.91 Å². The van der Waals surface area contributed by atoms with Gasteiger partial charge >= 0.3 is 0 Å². The van der Waals surface area contributed by atoms with E-state index in [1.807, 2.05) is 34.6 Å². The van der Waals surface area contributed by atoms with Crippen LogP contribution in [0, 0.1) is 6.92 Å². The molecule has 7 nitrogen and oxygen atoms in total. The molecule has 0 unspecified atom stereocenters. The van der Waals surface area contributed by atoms with Crippen molar-refractivity contribution in [2.45, 2.75) is 38.6 Å². The Labute approximate surface area is 174 Å². The molecule has 2 N–H and O–H groups in total. The third-order valence-electron chi connectivity index (χ3n) is 6.20. The SMILES string of the molecule is Cc1nccn2c(-c3ccc(C(=O)N4CCC(N5CCCC5)CC4)s3)c(N)nc12. The van der Waals surface area contributed by atoms with Crippen LogP contribution in [0.15, 0.2) is 24.5 Å². The van der Waals surface area contributed by atoms with E-state index < -0.39 is 0 Å². The van der Waals surface area contributed by atoms with E-state index in [1.54, 1.807) is 6.20 Å². The molecule has 2 fully saturated rings. The number of anilines is 1. The number of likely N-dealkylation sites (tertiary alicyclic amines) is 2. The van der Waals surface area contributed by atoms with E-state index in [4.69, 9.17) is 5.73 Å². The molecule has 0 saturated carbocycles. The Morgan fingerprint density at radius 3 is 2.69 bits per heavy atom. The minimum Gasteiger partial charge on any atom is -0.382 e. The molecule has 3 aromatic heterocycles. The van der Waals surface area contributed by atoms with Crippen LogP contribution >= 0.6 is 11.3 Å². The minimum atomic E-state index is 0.131. The molecule has 2 aliphatic rings. The maximum absolute atomic E-state index is 13.1. The largest absolute Gasteiger partial charge is 0.382 e. The first-order valence-corrected chi connectivity index (χ1v) is 11.2. The maximum Gasteiger partial charge on any atom is 0.263 e. The molecule has 3 aromatic rings. The molecular weight excluding hydrogens is 384 g/mol. The Morgan fingerprint density at radius 1 is 1.17 bits per heavy atom. The number of rotatable bonds is 3. The summed E-state index contributed by atoms with van der Waals surface area (Å²) in [6.07, 6.45) is 8.41. The van der Waals surface area contributed by atoms with Gasteiger partial charge in [-0.3, -0.25) is 14.2 Å². The Balaban J connectivity index is 1.34. The zero-order valence-electron chi connectivity index (χ0n) is 16.7. The van der Waals surface area contributed by atoms with E-state index >= 15 is 0 Å². The monoisotopic (exact) mass is 410 g/mol. The summed E-state index contributed by atoms with van der Waals surface area (Å²) in [5, 5.41) is 0. The van der Waals surface area contributed by atoms with E-state index in [2.05, 4.69) is 14.9 Å². The second-order valence-corrected chi connectivity index (χ2v) is 9.07. The van der Waals surface area contributed by atoms with E-state index in [9.17, 15) is 4.79 Å². The van der Waals surface area contributed by atoms with Gasteiger partial charge < -0.3 is 15.5 Å². The number of aryl methyl sites for hydroxylation is 1. The van der Waals surface area contributed by atoms with Gasteiger partial charge in [0.2, 0.25) is 0 Å². The number of thiophene rings is 1. The molecule has 0 spiro atoms. The van der Waals surface area contributed by atoms with Crippen LogP contribution in [0.3, 0.4) is 0 Å². The third kappa shape index (κ3) is 3.30. The van der Waals surface area contributed by atoms with Gasteiger partial charge in [-0.15, -0.1) is 11.3 Å². The lowest BCUT2D eigenvalue weighted by Gasteiger charge is -2.36. The minimum absolute atomic E-state index is 0.131. The molecular formula is C21H26N6OS. The highest BCUT2D eigenvalue weighted by molar-refractivity contribution is 7.17. The Morgan fingerprint density at radius 2 is 1.93 bits per heavy atom. The van der Waals surface area contributed by atoms with Gasteiger partial charge in [0.15, 0.2) is 11.5 Å². The number of nitrogen functional groups attached to an aromatic ring is 1. The fourth-order valence-corrected chi connectivity index (χ4v) is 5.67. The standard InChI is InChI=1S/C21H26N6OS/c1-14-20-24-19(22)18(27(20)13-8-23-14)16-4-5-17(29-16)21(28)26-11-6-15(7-12-26)25-9-2-3-10-25/h4-5,8,13,15H,2-3,6-7,9-12,22H2,1H3. The first-order valence-electron chi connectivity index (χ1n) is 10.3. The number of hydrogen-bond donors (Lipinski definition) is 1. The highest BCUT2D eigenvalue weighted by atomic mass is 32.1. The molecule has 5 heterocycles. The number of carbonyl (C=O) groups is 1. The highest BCUT2D eigenvalue weighted by Gasteiger charge is 2.29. The van der Waals surface area contributed by atoms with Crippen LogP contribution in [0.2, 0.25) is 0 Å². The van der Waals surface area contributed by atoms with E-state index in [1.165, 1.54) is 37.3 Å². The van der Waals surface area contributed by atoms with Crippen molar-refractivity contribution in [1.82, 2.24) is 24.2 Å². The number of hydrogen-bond acceptors (Lipinski definition) is 6. The van der Waals surface area contributed by atoms with Gasteiger partial charge in [-0.2, -0.15) is 0 Å². The van der Waals surface area contributed by atoms with Gasteiger partial charge in [-0.05, 0) is 57.8 Å². The van der Waals surface area contributed by atoms with Crippen molar-refractivity contribution < 1.29 is 4.79 Å². The second-order valence-electron chi connectivity index (χ2n) is 7.98. The van der Waals surface area contributed by atoms with Crippen molar-refractivity contribution >= 4 is 28.7 Å². The molecule has 29 heavy (non-hydrogen) atoms. The summed E-state index contributed by atoms with van der Waals surface area (Å²) in [4.78, 5) is 28.2. The summed E-state index contributed by atoms with van der Waals surface area (Å²) in [6, 6.07) is 4.54. The molecule has 152 valence electrons.